The van der Waals surface area contributed by atoms with Gasteiger partial charge in [0, 0.05) is 6.08 Å². The van der Waals surface area contributed by atoms with Gasteiger partial charge in [-0.2, -0.15) is 0 Å². The Balaban J connectivity index is 3.11. The molecule has 0 atom stereocenters. The molecule has 0 bridgehead atoms. The molecule has 1 rings (SSSR count). The maximum atomic E-state index is 13.5. The van der Waals surface area contributed by atoms with Crippen LogP contribution in [0.2, 0.25) is 0 Å². The SMILES string of the molecule is CCC/C(=C\C(=O)O)c1ccc(OC)c(F)c1. The Morgan fingerprint density at radius 1 is 1.53 bits per heavy atom. The predicted molar refractivity (Wildman–Crippen MR) is 63.5 cm³/mol. The summed E-state index contributed by atoms with van der Waals surface area (Å²) < 4.78 is 18.3. The fraction of sp³-hybridized carbons (Fsp3) is 0.308. The van der Waals surface area contributed by atoms with E-state index in [4.69, 9.17) is 9.84 Å². The molecule has 1 aromatic carbocycles. The number of carboxylic acid groups (broad SMARTS) is 1. The zero-order valence-corrected chi connectivity index (χ0v) is 9.87. The van der Waals surface area contributed by atoms with Gasteiger partial charge in [-0.1, -0.05) is 19.4 Å². The van der Waals surface area contributed by atoms with Crippen LogP contribution in [0.25, 0.3) is 5.57 Å². The van der Waals surface area contributed by atoms with Gasteiger partial charge in [-0.05, 0) is 29.7 Å². The van der Waals surface area contributed by atoms with Gasteiger partial charge in [-0.3, -0.25) is 0 Å². The van der Waals surface area contributed by atoms with E-state index in [9.17, 15) is 9.18 Å². The van der Waals surface area contributed by atoms with Crippen LogP contribution in [0.15, 0.2) is 24.3 Å². The first-order valence-electron chi connectivity index (χ1n) is 5.36. The van der Waals surface area contributed by atoms with Crippen LogP contribution in [0.1, 0.15) is 25.3 Å². The van der Waals surface area contributed by atoms with Crippen LogP contribution in [0.5, 0.6) is 5.75 Å². The smallest absolute Gasteiger partial charge is 0.328 e. The third-order valence-corrected chi connectivity index (χ3v) is 2.34. The summed E-state index contributed by atoms with van der Waals surface area (Å²) in [7, 11) is 1.39. The molecule has 0 amide bonds. The van der Waals surface area contributed by atoms with E-state index < -0.39 is 11.8 Å². The Morgan fingerprint density at radius 3 is 2.71 bits per heavy atom. The topological polar surface area (TPSA) is 46.5 Å². The highest BCUT2D eigenvalue weighted by Gasteiger charge is 2.08. The van der Waals surface area contributed by atoms with E-state index in [0.29, 0.717) is 17.6 Å². The maximum Gasteiger partial charge on any atom is 0.328 e. The summed E-state index contributed by atoms with van der Waals surface area (Å²) >= 11 is 0. The monoisotopic (exact) mass is 238 g/mol. The second-order valence-corrected chi connectivity index (χ2v) is 3.61. The van der Waals surface area contributed by atoms with E-state index in [1.807, 2.05) is 6.92 Å². The average Bonchev–Trinajstić information content (AvgIpc) is 2.28. The molecule has 0 unspecified atom stereocenters. The number of halogens is 1. The van der Waals surface area contributed by atoms with Gasteiger partial charge in [0.25, 0.3) is 0 Å². The number of ether oxygens (including phenoxy) is 1. The first kappa shape index (κ1) is 13.2. The van der Waals surface area contributed by atoms with E-state index in [-0.39, 0.29) is 5.75 Å². The van der Waals surface area contributed by atoms with E-state index >= 15 is 0 Å². The van der Waals surface area contributed by atoms with E-state index in [1.54, 1.807) is 6.07 Å². The van der Waals surface area contributed by atoms with Crippen molar-refractivity contribution in [2.24, 2.45) is 0 Å². The lowest BCUT2D eigenvalue weighted by Crippen LogP contribution is -1.95. The zero-order valence-electron chi connectivity index (χ0n) is 9.87. The summed E-state index contributed by atoms with van der Waals surface area (Å²) in [5.41, 5.74) is 1.19. The van der Waals surface area contributed by atoms with Gasteiger partial charge in [-0.15, -0.1) is 0 Å². The molecule has 1 N–H and O–H groups in total. The molecule has 0 fully saturated rings. The number of carbonyl (C=O) groups is 1. The molecule has 0 aliphatic heterocycles. The number of carboxylic acids is 1. The Hall–Kier alpha value is -1.84. The number of benzene rings is 1. The Morgan fingerprint density at radius 2 is 2.24 bits per heavy atom. The van der Waals surface area contributed by atoms with Crippen molar-refractivity contribution in [3.63, 3.8) is 0 Å². The first-order valence-corrected chi connectivity index (χ1v) is 5.36. The van der Waals surface area contributed by atoms with Crippen molar-refractivity contribution in [3.05, 3.63) is 35.7 Å². The summed E-state index contributed by atoms with van der Waals surface area (Å²) in [5, 5.41) is 8.75. The lowest BCUT2D eigenvalue weighted by atomic mass is 10.0. The van der Waals surface area contributed by atoms with E-state index in [1.165, 1.54) is 19.2 Å². The quantitative estimate of drug-likeness (QED) is 0.802. The molecular formula is C13H15FO3. The van der Waals surface area contributed by atoms with Crippen LogP contribution in [-0.2, 0) is 4.79 Å². The molecule has 0 aromatic heterocycles. The van der Waals surface area contributed by atoms with Crippen molar-refractivity contribution in [2.75, 3.05) is 7.11 Å². The number of aliphatic carboxylic acids is 1. The number of allylic oxidation sites excluding steroid dienone is 1. The standard InChI is InChI=1S/C13H15FO3/c1-3-4-9(8-13(15)16)10-5-6-12(17-2)11(14)7-10/h5-8H,3-4H2,1-2H3,(H,15,16)/b9-8+. The number of rotatable bonds is 5. The fourth-order valence-corrected chi connectivity index (χ4v) is 1.58. The average molecular weight is 238 g/mol. The Kier molecular flexibility index (Phi) is 4.69. The second-order valence-electron chi connectivity index (χ2n) is 3.61. The Bertz CT molecular complexity index is 438. The highest BCUT2D eigenvalue weighted by Crippen LogP contribution is 2.25. The molecular weight excluding hydrogens is 223 g/mol. The van der Waals surface area contributed by atoms with E-state index in [0.717, 1.165) is 12.5 Å². The molecule has 4 heteroatoms. The zero-order chi connectivity index (χ0) is 12.8. The summed E-state index contributed by atoms with van der Waals surface area (Å²) in [6.45, 7) is 1.94. The third kappa shape index (κ3) is 3.59. The summed E-state index contributed by atoms with van der Waals surface area (Å²) in [4.78, 5) is 10.7. The highest BCUT2D eigenvalue weighted by atomic mass is 19.1. The number of hydrogen-bond donors (Lipinski definition) is 1. The summed E-state index contributed by atoms with van der Waals surface area (Å²) in [5.74, 6) is -1.36. The van der Waals surface area contributed by atoms with Gasteiger partial charge in [-0.25, -0.2) is 9.18 Å². The molecule has 0 saturated carbocycles. The largest absolute Gasteiger partial charge is 0.494 e. The second kappa shape index (κ2) is 6.03. The van der Waals surface area contributed by atoms with Crippen molar-refractivity contribution in [1.29, 1.82) is 0 Å². The minimum Gasteiger partial charge on any atom is -0.494 e. The molecule has 0 aliphatic rings. The summed E-state index contributed by atoms with van der Waals surface area (Å²) in [6.07, 6.45) is 2.51. The Labute approximate surface area is 99.5 Å². The molecule has 0 saturated heterocycles. The van der Waals surface area contributed by atoms with Crippen LogP contribution < -0.4 is 4.74 Å². The third-order valence-electron chi connectivity index (χ3n) is 2.34. The van der Waals surface area contributed by atoms with Gasteiger partial charge < -0.3 is 9.84 Å². The van der Waals surface area contributed by atoms with Crippen LogP contribution in [0, 0.1) is 5.82 Å². The predicted octanol–water partition coefficient (Wildman–Crippen LogP) is 3.10. The minimum atomic E-state index is -1.02. The van der Waals surface area contributed by atoms with E-state index in [2.05, 4.69) is 0 Å². The lowest BCUT2D eigenvalue weighted by Gasteiger charge is -2.08. The number of hydrogen-bond acceptors (Lipinski definition) is 2. The van der Waals surface area contributed by atoms with Crippen LogP contribution >= 0.6 is 0 Å². The normalized spacial score (nSPS) is 11.4. The fourth-order valence-electron chi connectivity index (χ4n) is 1.58. The van der Waals surface area contributed by atoms with Gasteiger partial charge in [0.2, 0.25) is 0 Å². The van der Waals surface area contributed by atoms with Crippen molar-refractivity contribution < 1.29 is 19.0 Å². The lowest BCUT2D eigenvalue weighted by molar-refractivity contribution is -0.131. The molecule has 0 heterocycles. The van der Waals surface area contributed by atoms with Crippen molar-refractivity contribution in [2.45, 2.75) is 19.8 Å². The molecule has 92 valence electrons. The maximum absolute atomic E-state index is 13.5. The highest BCUT2D eigenvalue weighted by molar-refractivity contribution is 5.90. The molecule has 3 nitrogen and oxygen atoms in total. The van der Waals surface area contributed by atoms with Crippen LogP contribution in [0.4, 0.5) is 4.39 Å². The molecule has 1 aromatic rings. The van der Waals surface area contributed by atoms with Crippen molar-refractivity contribution in [1.82, 2.24) is 0 Å². The number of methoxy groups -OCH3 is 1. The molecule has 0 spiro atoms. The first-order chi connectivity index (χ1) is 8.08. The molecule has 0 aliphatic carbocycles. The molecule has 17 heavy (non-hydrogen) atoms. The summed E-state index contributed by atoms with van der Waals surface area (Å²) in [6, 6.07) is 4.45. The minimum absolute atomic E-state index is 0.153. The van der Waals surface area contributed by atoms with Gasteiger partial charge >= 0.3 is 5.97 Å². The van der Waals surface area contributed by atoms with Gasteiger partial charge in [0.1, 0.15) is 0 Å². The van der Waals surface area contributed by atoms with Crippen LogP contribution in [0.3, 0.4) is 0 Å². The van der Waals surface area contributed by atoms with Crippen molar-refractivity contribution >= 4 is 11.5 Å². The van der Waals surface area contributed by atoms with Gasteiger partial charge in [0.05, 0.1) is 7.11 Å². The van der Waals surface area contributed by atoms with Gasteiger partial charge in [0.15, 0.2) is 11.6 Å². The van der Waals surface area contributed by atoms with Crippen molar-refractivity contribution in [3.8, 4) is 5.75 Å². The van der Waals surface area contributed by atoms with Crippen LogP contribution in [-0.4, -0.2) is 18.2 Å². The molecule has 0 radical (unpaired) electrons.